The molecule has 1 amide bonds. The molecule has 0 bridgehead atoms. The minimum Gasteiger partial charge on any atom is -0.378 e. The number of hydrogen-bond donors (Lipinski definition) is 2. The van der Waals surface area contributed by atoms with Gasteiger partial charge in [0.25, 0.3) is 0 Å². The van der Waals surface area contributed by atoms with Gasteiger partial charge in [-0.1, -0.05) is 0 Å². The van der Waals surface area contributed by atoms with Crippen LogP contribution in [0.2, 0.25) is 0 Å². The van der Waals surface area contributed by atoms with E-state index in [1.54, 1.807) is 0 Å². The summed E-state index contributed by atoms with van der Waals surface area (Å²) in [6, 6.07) is 0.446. The van der Waals surface area contributed by atoms with Gasteiger partial charge in [0.2, 0.25) is 5.91 Å². The smallest absolute Gasteiger partial charge is 0.237 e. The Bertz CT molecular complexity index is 247. The first-order valence-electron chi connectivity index (χ1n) is 5.57. The summed E-state index contributed by atoms with van der Waals surface area (Å²) in [7, 11) is 0. The molecule has 2 rings (SSSR count). The van der Waals surface area contributed by atoms with Crippen LogP contribution < -0.4 is 11.5 Å². The van der Waals surface area contributed by atoms with Crippen molar-refractivity contribution < 1.29 is 9.53 Å². The molecule has 2 aliphatic rings. The van der Waals surface area contributed by atoms with Crippen molar-refractivity contribution in [1.29, 1.82) is 0 Å². The molecule has 1 heterocycles. The van der Waals surface area contributed by atoms with E-state index in [1.165, 1.54) is 0 Å². The van der Waals surface area contributed by atoms with E-state index in [0.717, 1.165) is 25.8 Å². The fourth-order valence-electron chi connectivity index (χ4n) is 2.59. The molecule has 5 nitrogen and oxygen atoms in total. The number of ether oxygens (including phenoxy) is 1. The highest BCUT2D eigenvalue weighted by atomic mass is 16.5. The summed E-state index contributed by atoms with van der Waals surface area (Å²) < 4.78 is 5.29. The SMILES string of the molecule is NC(=O)C1COCCN1C1CCC(N)C1. The monoisotopic (exact) mass is 213 g/mol. The van der Waals surface area contributed by atoms with Crippen molar-refractivity contribution in [2.75, 3.05) is 19.8 Å². The van der Waals surface area contributed by atoms with Gasteiger partial charge in [0.15, 0.2) is 0 Å². The van der Waals surface area contributed by atoms with Gasteiger partial charge in [-0.25, -0.2) is 0 Å². The van der Waals surface area contributed by atoms with E-state index in [1.807, 2.05) is 0 Å². The van der Waals surface area contributed by atoms with Gasteiger partial charge in [0, 0.05) is 18.6 Å². The number of hydrogen-bond acceptors (Lipinski definition) is 4. The molecule has 0 aromatic rings. The maximum Gasteiger partial charge on any atom is 0.237 e. The molecule has 0 aromatic carbocycles. The highest BCUT2D eigenvalue weighted by molar-refractivity contribution is 5.80. The Kier molecular flexibility index (Phi) is 3.23. The second-order valence-corrected chi connectivity index (χ2v) is 4.46. The average molecular weight is 213 g/mol. The minimum absolute atomic E-state index is 0.256. The molecular weight excluding hydrogens is 194 g/mol. The van der Waals surface area contributed by atoms with E-state index in [4.69, 9.17) is 16.2 Å². The summed E-state index contributed by atoms with van der Waals surface area (Å²) in [6.07, 6.45) is 3.10. The van der Waals surface area contributed by atoms with E-state index in [0.29, 0.717) is 19.3 Å². The fourth-order valence-corrected chi connectivity index (χ4v) is 2.59. The molecule has 0 radical (unpaired) electrons. The second-order valence-electron chi connectivity index (χ2n) is 4.46. The maximum absolute atomic E-state index is 11.3. The molecule has 3 unspecified atom stereocenters. The van der Waals surface area contributed by atoms with Gasteiger partial charge < -0.3 is 16.2 Å². The van der Waals surface area contributed by atoms with E-state index in [-0.39, 0.29) is 18.0 Å². The van der Waals surface area contributed by atoms with Crippen molar-refractivity contribution in [3.8, 4) is 0 Å². The molecule has 4 N–H and O–H groups in total. The van der Waals surface area contributed by atoms with Crippen LogP contribution in [0, 0.1) is 0 Å². The van der Waals surface area contributed by atoms with Crippen molar-refractivity contribution in [3.63, 3.8) is 0 Å². The first-order valence-corrected chi connectivity index (χ1v) is 5.57. The van der Waals surface area contributed by atoms with Crippen molar-refractivity contribution >= 4 is 5.91 Å². The number of rotatable bonds is 2. The molecule has 86 valence electrons. The Morgan fingerprint density at radius 2 is 2.20 bits per heavy atom. The molecule has 2 fully saturated rings. The molecule has 0 aromatic heterocycles. The van der Waals surface area contributed by atoms with Crippen molar-refractivity contribution in [2.24, 2.45) is 11.5 Å². The number of carbonyl (C=O) groups is 1. The van der Waals surface area contributed by atoms with Gasteiger partial charge in [-0.05, 0) is 19.3 Å². The molecule has 1 saturated carbocycles. The first-order chi connectivity index (χ1) is 7.18. The quantitative estimate of drug-likeness (QED) is 0.620. The second kappa shape index (κ2) is 4.47. The maximum atomic E-state index is 11.3. The van der Waals surface area contributed by atoms with Crippen LogP contribution in [-0.4, -0.2) is 48.7 Å². The summed E-state index contributed by atoms with van der Waals surface area (Å²) in [6.45, 7) is 1.92. The van der Waals surface area contributed by atoms with E-state index in [9.17, 15) is 4.79 Å². The van der Waals surface area contributed by atoms with Crippen LogP contribution in [0.15, 0.2) is 0 Å². The van der Waals surface area contributed by atoms with Crippen LogP contribution >= 0.6 is 0 Å². The Labute approximate surface area is 89.7 Å². The highest BCUT2D eigenvalue weighted by Gasteiger charge is 2.36. The summed E-state index contributed by atoms with van der Waals surface area (Å²) >= 11 is 0. The van der Waals surface area contributed by atoms with Crippen molar-refractivity contribution in [2.45, 2.75) is 37.4 Å². The van der Waals surface area contributed by atoms with Crippen LogP contribution in [-0.2, 0) is 9.53 Å². The molecule has 0 spiro atoms. The number of amides is 1. The summed E-state index contributed by atoms with van der Waals surface area (Å²) in [5.41, 5.74) is 11.2. The standard InChI is InChI=1S/C10H19N3O2/c11-7-1-2-8(5-7)13-3-4-15-6-9(13)10(12)14/h7-9H,1-6,11H2,(H2,12,14). The number of morpholine rings is 1. The topological polar surface area (TPSA) is 81.6 Å². The Balaban J connectivity index is 2.01. The fraction of sp³-hybridized carbons (Fsp3) is 0.900. The molecular formula is C10H19N3O2. The predicted octanol–water partition coefficient (Wildman–Crippen LogP) is -0.948. The number of primary amides is 1. The van der Waals surface area contributed by atoms with Gasteiger partial charge in [-0.2, -0.15) is 0 Å². The molecule has 1 aliphatic heterocycles. The van der Waals surface area contributed by atoms with Crippen LogP contribution in [0.4, 0.5) is 0 Å². The van der Waals surface area contributed by atoms with Crippen molar-refractivity contribution in [3.05, 3.63) is 0 Å². The molecule has 15 heavy (non-hydrogen) atoms. The zero-order valence-corrected chi connectivity index (χ0v) is 8.89. The van der Waals surface area contributed by atoms with Gasteiger partial charge >= 0.3 is 0 Å². The lowest BCUT2D eigenvalue weighted by atomic mass is 10.1. The third-order valence-electron chi connectivity index (χ3n) is 3.41. The van der Waals surface area contributed by atoms with E-state index < -0.39 is 0 Å². The predicted molar refractivity (Wildman–Crippen MR) is 56.1 cm³/mol. The minimum atomic E-state index is -0.282. The number of carbonyl (C=O) groups excluding carboxylic acids is 1. The third kappa shape index (κ3) is 2.30. The molecule has 5 heteroatoms. The van der Waals surface area contributed by atoms with Gasteiger partial charge in [0.05, 0.1) is 13.2 Å². The molecule has 1 aliphatic carbocycles. The Morgan fingerprint density at radius 3 is 2.80 bits per heavy atom. The summed E-state index contributed by atoms with van der Waals surface area (Å²) in [5, 5.41) is 0. The van der Waals surface area contributed by atoms with Gasteiger partial charge in [-0.3, -0.25) is 9.69 Å². The lowest BCUT2D eigenvalue weighted by molar-refractivity contribution is -0.131. The van der Waals surface area contributed by atoms with Crippen molar-refractivity contribution in [1.82, 2.24) is 4.90 Å². The average Bonchev–Trinajstić information content (AvgIpc) is 2.65. The summed E-state index contributed by atoms with van der Waals surface area (Å²) in [5.74, 6) is -0.282. The van der Waals surface area contributed by atoms with Gasteiger partial charge in [-0.15, -0.1) is 0 Å². The lowest BCUT2D eigenvalue weighted by Crippen LogP contribution is -2.55. The van der Waals surface area contributed by atoms with Gasteiger partial charge in [0.1, 0.15) is 6.04 Å². The highest BCUT2D eigenvalue weighted by Crippen LogP contribution is 2.25. The zero-order valence-electron chi connectivity index (χ0n) is 8.89. The van der Waals surface area contributed by atoms with E-state index >= 15 is 0 Å². The number of nitrogens with zero attached hydrogens (tertiary/aromatic N) is 1. The van der Waals surface area contributed by atoms with E-state index in [2.05, 4.69) is 4.90 Å². The lowest BCUT2D eigenvalue weighted by Gasteiger charge is -2.37. The Hall–Kier alpha value is -0.650. The first kappa shape index (κ1) is 10.9. The van der Waals surface area contributed by atoms with Crippen LogP contribution in [0.5, 0.6) is 0 Å². The van der Waals surface area contributed by atoms with Crippen LogP contribution in [0.25, 0.3) is 0 Å². The molecule has 1 saturated heterocycles. The summed E-state index contributed by atoms with van der Waals surface area (Å²) in [4.78, 5) is 13.5. The normalized spacial score (nSPS) is 38.1. The third-order valence-corrected chi connectivity index (χ3v) is 3.41. The number of nitrogens with two attached hydrogens (primary N) is 2. The molecule has 3 atom stereocenters. The van der Waals surface area contributed by atoms with Crippen LogP contribution in [0.1, 0.15) is 19.3 Å². The Morgan fingerprint density at radius 1 is 1.40 bits per heavy atom. The largest absolute Gasteiger partial charge is 0.378 e. The van der Waals surface area contributed by atoms with Crippen LogP contribution in [0.3, 0.4) is 0 Å². The zero-order chi connectivity index (χ0) is 10.8.